The van der Waals surface area contributed by atoms with Gasteiger partial charge in [0.25, 0.3) is 0 Å². The molecule has 0 unspecified atom stereocenters. The molecule has 1 rings (SSSR count). The number of unbranched alkanes of at least 4 members (excludes halogenated alkanes) is 1. The van der Waals surface area contributed by atoms with Crippen LogP contribution in [-0.2, 0) is 0 Å². The molecule has 0 radical (unpaired) electrons. The van der Waals surface area contributed by atoms with E-state index in [2.05, 4.69) is 39.0 Å². The summed E-state index contributed by atoms with van der Waals surface area (Å²) in [6.45, 7) is 6.23. The Hall–Kier alpha value is -0.860. The molecule has 3 N–H and O–H groups in total. The first kappa shape index (κ1) is 13.2. The molecular weight excluding hydrogens is 198 g/mol. The summed E-state index contributed by atoms with van der Waals surface area (Å²) >= 11 is 0. The number of aryl methyl sites for hydroxylation is 2. The minimum Gasteiger partial charge on any atom is -0.391 e. The molecule has 0 spiro atoms. The average molecular weight is 221 g/mol. The number of hydrogen-bond donors (Lipinski definition) is 2. The number of aliphatic hydroxyl groups is 1. The lowest BCUT2D eigenvalue weighted by Gasteiger charge is -2.20. The van der Waals surface area contributed by atoms with E-state index in [0.717, 1.165) is 24.8 Å². The van der Waals surface area contributed by atoms with Gasteiger partial charge in [0.2, 0.25) is 0 Å². The maximum Gasteiger partial charge on any atom is 0.0732 e. The van der Waals surface area contributed by atoms with E-state index in [9.17, 15) is 5.11 Å². The van der Waals surface area contributed by atoms with Crippen molar-refractivity contribution in [2.75, 3.05) is 0 Å². The van der Waals surface area contributed by atoms with Crippen LogP contribution in [0.4, 0.5) is 0 Å². The molecule has 2 nitrogen and oxygen atoms in total. The second-order valence-electron chi connectivity index (χ2n) is 4.66. The van der Waals surface area contributed by atoms with Gasteiger partial charge in [0, 0.05) is 0 Å². The van der Waals surface area contributed by atoms with Gasteiger partial charge in [-0.15, -0.1) is 0 Å². The Morgan fingerprint density at radius 2 is 1.75 bits per heavy atom. The van der Waals surface area contributed by atoms with E-state index < -0.39 is 6.10 Å². The van der Waals surface area contributed by atoms with Gasteiger partial charge in [0.15, 0.2) is 0 Å². The molecule has 1 aromatic rings. The van der Waals surface area contributed by atoms with E-state index in [4.69, 9.17) is 5.73 Å². The summed E-state index contributed by atoms with van der Waals surface area (Å²) in [6.07, 6.45) is 2.47. The Kier molecular flexibility index (Phi) is 4.97. The van der Waals surface area contributed by atoms with Crippen LogP contribution in [0, 0.1) is 13.8 Å². The van der Waals surface area contributed by atoms with Crippen LogP contribution in [-0.4, -0.2) is 11.2 Å². The Bertz CT molecular complexity index is 315. The lowest BCUT2D eigenvalue weighted by molar-refractivity contribution is 0.132. The third-order valence-corrected chi connectivity index (χ3v) is 2.90. The smallest absolute Gasteiger partial charge is 0.0732 e. The normalized spacial score (nSPS) is 14.8. The van der Waals surface area contributed by atoms with Crippen LogP contribution < -0.4 is 5.73 Å². The van der Waals surface area contributed by atoms with Gasteiger partial charge >= 0.3 is 0 Å². The molecule has 0 aromatic heterocycles. The summed E-state index contributed by atoms with van der Waals surface area (Å²) in [5, 5.41) is 9.96. The molecule has 0 heterocycles. The van der Waals surface area contributed by atoms with Gasteiger partial charge in [-0.25, -0.2) is 0 Å². The highest BCUT2D eigenvalue weighted by molar-refractivity contribution is 5.31. The summed E-state index contributed by atoms with van der Waals surface area (Å²) < 4.78 is 0. The predicted octanol–water partition coefficient (Wildman–Crippen LogP) is 2.85. The fourth-order valence-electron chi connectivity index (χ4n) is 2.02. The molecule has 1 aromatic carbocycles. The summed E-state index contributed by atoms with van der Waals surface area (Å²) in [6, 6.07) is 5.99. The quantitative estimate of drug-likeness (QED) is 0.803. The number of aliphatic hydroxyl groups excluding tert-OH is 1. The molecule has 0 amide bonds. The van der Waals surface area contributed by atoms with Crippen LogP contribution in [0.1, 0.15) is 48.9 Å². The van der Waals surface area contributed by atoms with Crippen LogP contribution in [0.3, 0.4) is 0 Å². The fraction of sp³-hybridized carbons (Fsp3) is 0.571. The van der Waals surface area contributed by atoms with Crippen LogP contribution in [0.5, 0.6) is 0 Å². The van der Waals surface area contributed by atoms with Crippen molar-refractivity contribution in [2.24, 2.45) is 5.73 Å². The summed E-state index contributed by atoms with van der Waals surface area (Å²) in [5.74, 6) is 0. The molecule has 0 aliphatic carbocycles. The zero-order valence-corrected chi connectivity index (χ0v) is 10.5. The fourth-order valence-corrected chi connectivity index (χ4v) is 2.02. The van der Waals surface area contributed by atoms with Crippen molar-refractivity contribution >= 4 is 0 Å². The molecule has 0 bridgehead atoms. The maximum atomic E-state index is 9.96. The molecule has 0 saturated carbocycles. The van der Waals surface area contributed by atoms with Crippen molar-refractivity contribution < 1.29 is 5.11 Å². The molecule has 0 aliphatic heterocycles. The van der Waals surface area contributed by atoms with E-state index in [1.807, 2.05) is 0 Å². The summed E-state index contributed by atoms with van der Waals surface area (Å²) in [4.78, 5) is 0. The molecule has 0 saturated heterocycles. The Morgan fingerprint density at radius 3 is 2.25 bits per heavy atom. The third kappa shape index (κ3) is 3.62. The molecule has 2 heteroatoms. The highest BCUT2D eigenvalue weighted by atomic mass is 16.3. The van der Waals surface area contributed by atoms with Crippen molar-refractivity contribution in [3.63, 3.8) is 0 Å². The molecule has 0 aliphatic rings. The van der Waals surface area contributed by atoms with Crippen LogP contribution in [0.2, 0.25) is 0 Å². The highest BCUT2D eigenvalue weighted by Gasteiger charge is 2.16. The van der Waals surface area contributed by atoms with Crippen molar-refractivity contribution in [3.05, 3.63) is 34.9 Å². The number of benzene rings is 1. The van der Waals surface area contributed by atoms with E-state index >= 15 is 0 Å². The van der Waals surface area contributed by atoms with E-state index in [1.54, 1.807) is 0 Å². The van der Waals surface area contributed by atoms with Gasteiger partial charge in [-0.2, -0.15) is 0 Å². The highest BCUT2D eigenvalue weighted by Crippen LogP contribution is 2.20. The van der Waals surface area contributed by atoms with Crippen LogP contribution in [0.15, 0.2) is 18.2 Å². The number of nitrogens with two attached hydrogens (primary N) is 1. The largest absolute Gasteiger partial charge is 0.391 e. The first-order chi connectivity index (χ1) is 7.54. The van der Waals surface area contributed by atoms with Gasteiger partial charge in [0.1, 0.15) is 0 Å². The van der Waals surface area contributed by atoms with Crippen molar-refractivity contribution in [1.29, 1.82) is 0 Å². The Labute approximate surface area is 98.5 Å². The maximum absolute atomic E-state index is 9.96. The SMILES string of the molecule is CCCC[C@@H](O)[C@@H](N)c1cc(C)cc(C)c1. The van der Waals surface area contributed by atoms with Crippen molar-refractivity contribution in [2.45, 2.75) is 52.2 Å². The summed E-state index contributed by atoms with van der Waals surface area (Å²) in [5.41, 5.74) is 9.51. The van der Waals surface area contributed by atoms with Crippen molar-refractivity contribution in [3.8, 4) is 0 Å². The standard InChI is InChI=1S/C14H23NO/c1-4-5-6-13(16)14(15)12-8-10(2)7-11(3)9-12/h7-9,13-14,16H,4-6,15H2,1-3H3/t13-,14+/m1/s1. The van der Waals surface area contributed by atoms with Gasteiger partial charge in [-0.1, -0.05) is 49.1 Å². The van der Waals surface area contributed by atoms with Gasteiger partial charge in [0.05, 0.1) is 12.1 Å². The van der Waals surface area contributed by atoms with Gasteiger partial charge in [-0.3, -0.25) is 0 Å². The zero-order chi connectivity index (χ0) is 12.1. The second kappa shape index (κ2) is 6.02. The molecular formula is C14H23NO. The zero-order valence-electron chi connectivity index (χ0n) is 10.5. The van der Waals surface area contributed by atoms with Gasteiger partial charge < -0.3 is 10.8 Å². The lowest BCUT2D eigenvalue weighted by Crippen LogP contribution is -2.26. The first-order valence-corrected chi connectivity index (χ1v) is 6.06. The average Bonchev–Trinajstić information content (AvgIpc) is 2.23. The first-order valence-electron chi connectivity index (χ1n) is 6.06. The van der Waals surface area contributed by atoms with E-state index in [0.29, 0.717) is 0 Å². The van der Waals surface area contributed by atoms with Gasteiger partial charge in [-0.05, 0) is 25.8 Å². The topological polar surface area (TPSA) is 46.2 Å². The van der Waals surface area contributed by atoms with E-state index in [1.165, 1.54) is 11.1 Å². The third-order valence-electron chi connectivity index (χ3n) is 2.90. The monoisotopic (exact) mass is 221 g/mol. The minimum atomic E-state index is -0.429. The Balaban J connectivity index is 2.74. The van der Waals surface area contributed by atoms with Crippen molar-refractivity contribution in [1.82, 2.24) is 0 Å². The molecule has 16 heavy (non-hydrogen) atoms. The summed E-state index contributed by atoms with van der Waals surface area (Å²) in [7, 11) is 0. The number of rotatable bonds is 5. The lowest BCUT2D eigenvalue weighted by atomic mass is 9.95. The molecule has 2 atom stereocenters. The predicted molar refractivity (Wildman–Crippen MR) is 68.4 cm³/mol. The Morgan fingerprint density at radius 1 is 1.19 bits per heavy atom. The second-order valence-corrected chi connectivity index (χ2v) is 4.66. The minimum absolute atomic E-state index is 0.259. The van der Waals surface area contributed by atoms with Crippen LogP contribution >= 0.6 is 0 Å². The van der Waals surface area contributed by atoms with Crippen LogP contribution in [0.25, 0.3) is 0 Å². The van der Waals surface area contributed by atoms with E-state index in [-0.39, 0.29) is 6.04 Å². The molecule has 0 fully saturated rings. The molecule has 90 valence electrons. The number of hydrogen-bond acceptors (Lipinski definition) is 2.